The molecule has 2 amide bonds. The van der Waals surface area contributed by atoms with Gasteiger partial charge in [-0.05, 0) is 6.42 Å². The highest BCUT2D eigenvalue weighted by atomic mass is 16.3. The zero-order valence-corrected chi connectivity index (χ0v) is 9.03. The number of rotatable bonds is 6. The van der Waals surface area contributed by atoms with Crippen LogP contribution in [0.5, 0.6) is 0 Å². The fraction of sp³-hybridized carbons (Fsp3) is 0.778. The van der Waals surface area contributed by atoms with Crippen LogP contribution >= 0.6 is 0 Å². The summed E-state index contributed by atoms with van der Waals surface area (Å²) in [6, 6.07) is 0. The van der Waals surface area contributed by atoms with E-state index < -0.39 is 11.8 Å². The van der Waals surface area contributed by atoms with Crippen molar-refractivity contribution in [2.75, 3.05) is 32.8 Å². The molecule has 0 heterocycles. The lowest BCUT2D eigenvalue weighted by Gasteiger charge is -2.20. The number of hydrogen-bond acceptors (Lipinski definition) is 4. The quantitative estimate of drug-likeness (QED) is 0.462. The van der Waals surface area contributed by atoms with Crippen LogP contribution in [0.3, 0.4) is 0 Å². The van der Waals surface area contributed by atoms with Crippen molar-refractivity contribution in [2.24, 2.45) is 5.73 Å². The van der Waals surface area contributed by atoms with Crippen molar-refractivity contribution in [2.45, 2.75) is 13.3 Å². The maximum absolute atomic E-state index is 11.5. The summed E-state index contributed by atoms with van der Waals surface area (Å²) in [5, 5.41) is 11.1. The average Bonchev–Trinajstić information content (AvgIpc) is 2.24. The molecule has 0 rings (SSSR count). The molecule has 0 aliphatic carbocycles. The van der Waals surface area contributed by atoms with Gasteiger partial charge in [0.2, 0.25) is 0 Å². The van der Waals surface area contributed by atoms with Gasteiger partial charge in [0.05, 0.1) is 6.61 Å². The SMILES string of the molecule is CCCN(CCO)C(=O)C(=O)NCCN. The standard InChI is InChI=1S/C9H19N3O3/c1-2-5-12(6-7-13)9(15)8(14)11-4-3-10/h13H,2-7,10H2,1H3,(H,11,14). The predicted octanol–water partition coefficient (Wildman–Crippen LogP) is -1.71. The van der Waals surface area contributed by atoms with Crippen molar-refractivity contribution in [1.82, 2.24) is 10.2 Å². The lowest BCUT2D eigenvalue weighted by atomic mass is 10.3. The van der Waals surface area contributed by atoms with E-state index in [2.05, 4.69) is 5.32 Å². The molecule has 0 spiro atoms. The Kier molecular flexibility index (Phi) is 7.57. The zero-order valence-electron chi connectivity index (χ0n) is 9.03. The van der Waals surface area contributed by atoms with E-state index in [9.17, 15) is 9.59 Å². The lowest BCUT2D eigenvalue weighted by molar-refractivity contribution is -0.146. The third-order valence-corrected chi connectivity index (χ3v) is 1.77. The Hall–Kier alpha value is -1.14. The molecule has 0 aromatic rings. The first-order valence-corrected chi connectivity index (χ1v) is 5.05. The fourth-order valence-electron chi connectivity index (χ4n) is 1.11. The first-order valence-electron chi connectivity index (χ1n) is 5.05. The molecule has 0 unspecified atom stereocenters. The average molecular weight is 217 g/mol. The molecule has 88 valence electrons. The third kappa shape index (κ3) is 5.34. The van der Waals surface area contributed by atoms with Gasteiger partial charge in [0, 0.05) is 26.2 Å². The first-order chi connectivity index (χ1) is 7.17. The Morgan fingerprint density at radius 3 is 2.53 bits per heavy atom. The summed E-state index contributed by atoms with van der Waals surface area (Å²) < 4.78 is 0. The molecule has 0 saturated heterocycles. The Labute approximate surface area is 89.4 Å². The summed E-state index contributed by atoms with van der Waals surface area (Å²) in [5.41, 5.74) is 5.19. The number of aliphatic hydroxyl groups excluding tert-OH is 1. The number of nitrogens with one attached hydrogen (secondary N) is 1. The monoisotopic (exact) mass is 217 g/mol. The van der Waals surface area contributed by atoms with Crippen LogP contribution in [0, 0.1) is 0 Å². The van der Waals surface area contributed by atoms with Gasteiger partial charge in [-0.1, -0.05) is 6.92 Å². The Morgan fingerprint density at radius 1 is 1.40 bits per heavy atom. The van der Waals surface area contributed by atoms with Gasteiger partial charge in [0.1, 0.15) is 0 Å². The van der Waals surface area contributed by atoms with Crippen LogP contribution in [0.1, 0.15) is 13.3 Å². The molecule has 6 nitrogen and oxygen atoms in total. The second kappa shape index (κ2) is 8.19. The van der Waals surface area contributed by atoms with Crippen molar-refractivity contribution in [3.05, 3.63) is 0 Å². The van der Waals surface area contributed by atoms with Gasteiger partial charge in [-0.3, -0.25) is 9.59 Å². The molecule has 0 aromatic heterocycles. The van der Waals surface area contributed by atoms with E-state index in [0.717, 1.165) is 6.42 Å². The van der Waals surface area contributed by atoms with Crippen molar-refractivity contribution in [1.29, 1.82) is 0 Å². The molecule has 0 bridgehead atoms. The lowest BCUT2D eigenvalue weighted by Crippen LogP contribution is -2.45. The van der Waals surface area contributed by atoms with Crippen molar-refractivity contribution < 1.29 is 14.7 Å². The summed E-state index contributed by atoms with van der Waals surface area (Å²) in [4.78, 5) is 24.1. The van der Waals surface area contributed by atoms with E-state index >= 15 is 0 Å². The van der Waals surface area contributed by atoms with Gasteiger partial charge >= 0.3 is 11.8 Å². The van der Waals surface area contributed by atoms with Crippen LogP contribution in [-0.4, -0.2) is 54.6 Å². The molecule has 4 N–H and O–H groups in total. The van der Waals surface area contributed by atoms with E-state index in [0.29, 0.717) is 13.1 Å². The normalized spacial score (nSPS) is 9.80. The predicted molar refractivity (Wildman–Crippen MR) is 56.0 cm³/mol. The highest BCUT2D eigenvalue weighted by Crippen LogP contribution is 1.92. The molecule has 0 aromatic carbocycles. The van der Waals surface area contributed by atoms with Gasteiger partial charge < -0.3 is 21.1 Å². The largest absolute Gasteiger partial charge is 0.395 e. The molecular formula is C9H19N3O3. The summed E-state index contributed by atoms with van der Waals surface area (Å²) in [7, 11) is 0. The van der Waals surface area contributed by atoms with Gasteiger partial charge in [0.25, 0.3) is 0 Å². The molecule has 0 aliphatic rings. The molecule has 6 heteroatoms. The van der Waals surface area contributed by atoms with E-state index in [1.54, 1.807) is 0 Å². The van der Waals surface area contributed by atoms with Crippen molar-refractivity contribution >= 4 is 11.8 Å². The van der Waals surface area contributed by atoms with Crippen LogP contribution < -0.4 is 11.1 Å². The number of nitrogens with zero attached hydrogens (tertiary/aromatic N) is 1. The van der Waals surface area contributed by atoms with Gasteiger partial charge in [-0.2, -0.15) is 0 Å². The Balaban J connectivity index is 4.15. The molecule has 0 aliphatic heterocycles. The smallest absolute Gasteiger partial charge is 0.311 e. The maximum Gasteiger partial charge on any atom is 0.311 e. The number of carbonyl (C=O) groups excluding carboxylic acids is 2. The minimum Gasteiger partial charge on any atom is -0.395 e. The van der Waals surface area contributed by atoms with Gasteiger partial charge in [0.15, 0.2) is 0 Å². The van der Waals surface area contributed by atoms with Crippen LogP contribution in [-0.2, 0) is 9.59 Å². The minimum absolute atomic E-state index is 0.143. The van der Waals surface area contributed by atoms with E-state index in [1.165, 1.54) is 4.90 Å². The van der Waals surface area contributed by atoms with Gasteiger partial charge in [-0.15, -0.1) is 0 Å². The van der Waals surface area contributed by atoms with E-state index in [4.69, 9.17) is 10.8 Å². The van der Waals surface area contributed by atoms with E-state index in [-0.39, 0.29) is 19.7 Å². The third-order valence-electron chi connectivity index (χ3n) is 1.77. The molecule has 0 atom stereocenters. The second-order valence-corrected chi connectivity index (χ2v) is 3.06. The summed E-state index contributed by atoms with van der Waals surface area (Å²) >= 11 is 0. The number of carbonyl (C=O) groups is 2. The zero-order chi connectivity index (χ0) is 11.7. The Bertz CT molecular complexity index is 203. The van der Waals surface area contributed by atoms with Gasteiger partial charge in [-0.25, -0.2) is 0 Å². The van der Waals surface area contributed by atoms with E-state index in [1.807, 2.05) is 6.92 Å². The minimum atomic E-state index is -0.664. The van der Waals surface area contributed by atoms with Crippen LogP contribution in [0.15, 0.2) is 0 Å². The van der Waals surface area contributed by atoms with Crippen LogP contribution in [0.25, 0.3) is 0 Å². The number of amides is 2. The number of nitrogens with two attached hydrogens (primary N) is 1. The molecule has 0 saturated carbocycles. The second-order valence-electron chi connectivity index (χ2n) is 3.06. The first kappa shape index (κ1) is 13.9. The highest BCUT2D eigenvalue weighted by Gasteiger charge is 2.19. The molecule has 15 heavy (non-hydrogen) atoms. The summed E-state index contributed by atoms with van der Waals surface area (Å²) in [6.45, 7) is 2.99. The van der Waals surface area contributed by atoms with Crippen LogP contribution in [0.4, 0.5) is 0 Å². The summed E-state index contributed by atoms with van der Waals surface area (Å²) in [6.07, 6.45) is 0.746. The Morgan fingerprint density at radius 2 is 2.07 bits per heavy atom. The number of hydrogen-bond donors (Lipinski definition) is 3. The topological polar surface area (TPSA) is 95.7 Å². The van der Waals surface area contributed by atoms with Crippen molar-refractivity contribution in [3.63, 3.8) is 0 Å². The molecule has 0 radical (unpaired) electrons. The van der Waals surface area contributed by atoms with Crippen molar-refractivity contribution in [3.8, 4) is 0 Å². The highest BCUT2D eigenvalue weighted by molar-refractivity contribution is 6.35. The summed E-state index contributed by atoms with van der Waals surface area (Å²) in [5.74, 6) is -1.28. The maximum atomic E-state index is 11.5. The fourth-order valence-corrected chi connectivity index (χ4v) is 1.11. The number of aliphatic hydroxyl groups is 1. The molecular weight excluding hydrogens is 198 g/mol. The van der Waals surface area contributed by atoms with Crippen LogP contribution in [0.2, 0.25) is 0 Å². The molecule has 0 fully saturated rings.